The average molecular weight is 475 g/mol. The van der Waals surface area contributed by atoms with Crippen LogP contribution < -0.4 is 20.9 Å². The van der Waals surface area contributed by atoms with Crippen LogP contribution >= 0.6 is 0 Å². The van der Waals surface area contributed by atoms with Gasteiger partial charge in [-0.05, 0) is 61.5 Å². The highest BCUT2D eigenvalue weighted by Crippen LogP contribution is 2.19. The SMILES string of the molecule is CCN(C(=O)c1cccc(NCC(=O)Nc2ccc(C(=O)NCCOC)cc2)c1)c1ccccc1. The maximum Gasteiger partial charge on any atom is 0.258 e. The number of rotatable bonds is 11. The number of methoxy groups -OCH3 is 1. The zero-order valence-corrected chi connectivity index (χ0v) is 19.9. The molecule has 0 bridgehead atoms. The predicted octanol–water partition coefficient (Wildman–Crippen LogP) is 3.78. The Morgan fingerprint density at radius 2 is 1.60 bits per heavy atom. The van der Waals surface area contributed by atoms with E-state index >= 15 is 0 Å². The first-order valence-electron chi connectivity index (χ1n) is 11.4. The number of para-hydroxylation sites is 1. The zero-order chi connectivity index (χ0) is 25.0. The Labute approximate surface area is 205 Å². The number of carbonyl (C=O) groups excluding carboxylic acids is 3. The minimum atomic E-state index is -0.251. The van der Waals surface area contributed by atoms with Gasteiger partial charge in [-0.1, -0.05) is 24.3 Å². The Kier molecular flexibility index (Phi) is 9.39. The second kappa shape index (κ2) is 12.9. The van der Waals surface area contributed by atoms with Crippen LogP contribution in [0, 0.1) is 0 Å². The lowest BCUT2D eigenvalue weighted by molar-refractivity contribution is -0.114. The van der Waals surface area contributed by atoms with Crippen molar-refractivity contribution in [3.63, 3.8) is 0 Å². The van der Waals surface area contributed by atoms with E-state index in [9.17, 15) is 14.4 Å². The van der Waals surface area contributed by atoms with E-state index in [2.05, 4.69) is 16.0 Å². The summed E-state index contributed by atoms with van der Waals surface area (Å²) >= 11 is 0. The molecule has 35 heavy (non-hydrogen) atoms. The number of ether oxygens (including phenoxy) is 1. The number of hydrogen-bond acceptors (Lipinski definition) is 5. The lowest BCUT2D eigenvalue weighted by atomic mass is 10.1. The molecule has 8 heteroatoms. The van der Waals surface area contributed by atoms with Gasteiger partial charge in [0.2, 0.25) is 5.91 Å². The fourth-order valence-corrected chi connectivity index (χ4v) is 3.43. The highest BCUT2D eigenvalue weighted by Gasteiger charge is 2.16. The second-order valence-electron chi connectivity index (χ2n) is 7.69. The predicted molar refractivity (Wildman–Crippen MR) is 138 cm³/mol. The summed E-state index contributed by atoms with van der Waals surface area (Å²) in [5.41, 5.74) is 3.10. The van der Waals surface area contributed by atoms with Crippen molar-refractivity contribution >= 4 is 34.8 Å². The lowest BCUT2D eigenvalue weighted by Gasteiger charge is -2.21. The summed E-state index contributed by atoms with van der Waals surface area (Å²) in [6.45, 7) is 3.35. The maximum absolute atomic E-state index is 13.0. The Bertz CT molecular complexity index is 1130. The molecule has 0 heterocycles. The average Bonchev–Trinajstić information content (AvgIpc) is 2.89. The van der Waals surface area contributed by atoms with Crippen LogP contribution in [0.1, 0.15) is 27.6 Å². The summed E-state index contributed by atoms with van der Waals surface area (Å²) in [6.07, 6.45) is 0. The molecule has 3 aromatic carbocycles. The molecule has 0 aliphatic heterocycles. The van der Waals surface area contributed by atoms with Crippen molar-refractivity contribution in [3.8, 4) is 0 Å². The van der Waals surface area contributed by atoms with Gasteiger partial charge in [0.25, 0.3) is 11.8 Å². The molecule has 0 saturated heterocycles. The minimum absolute atomic E-state index is 0.0209. The van der Waals surface area contributed by atoms with Crippen molar-refractivity contribution in [2.75, 3.05) is 48.9 Å². The molecular formula is C27H30N4O4. The Morgan fingerprint density at radius 3 is 2.29 bits per heavy atom. The number of carbonyl (C=O) groups is 3. The summed E-state index contributed by atoms with van der Waals surface area (Å²) in [5, 5.41) is 8.59. The van der Waals surface area contributed by atoms with Gasteiger partial charge in [0, 0.05) is 48.4 Å². The third-order valence-electron chi connectivity index (χ3n) is 5.21. The third-order valence-corrected chi connectivity index (χ3v) is 5.21. The normalized spacial score (nSPS) is 10.3. The molecule has 0 fully saturated rings. The first-order valence-corrected chi connectivity index (χ1v) is 11.4. The van der Waals surface area contributed by atoms with Crippen molar-refractivity contribution in [1.82, 2.24) is 5.32 Å². The Morgan fingerprint density at radius 1 is 0.857 bits per heavy atom. The number of nitrogens with one attached hydrogen (secondary N) is 3. The monoisotopic (exact) mass is 474 g/mol. The van der Waals surface area contributed by atoms with Crippen molar-refractivity contribution in [2.24, 2.45) is 0 Å². The van der Waals surface area contributed by atoms with E-state index in [0.29, 0.717) is 42.2 Å². The van der Waals surface area contributed by atoms with Gasteiger partial charge < -0.3 is 25.6 Å². The second-order valence-corrected chi connectivity index (χ2v) is 7.69. The van der Waals surface area contributed by atoms with Crippen LogP contribution in [-0.4, -0.2) is 51.1 Å². The lowest BCUT2D eigenvalue weighted by Crippen LogP contribution is -2.30. The highest BCUT2D eigenvalue weighted by molar-refractivity contribution is 6.06. The standard InChI is InChI=1S/C27H30N4O4/c1-3-31(24-10-5-4-6-11-24)27(34)21-8-7-9-23(18-21)29-19-25(32)30-22-14-12-20(13-15-22)26(33)28-16-17-35-2/h4-15,18,29H,3,16-17,19H2,1-2H3,(H,28,33)(H,30,32). The Balaban J connectivity index is 1.54. The molecule has 0 aliphatic carbocycles. The molecule has 182 valence electrons. The van der Waals surface area contributed by atoms with Crippen LogP contribution in [0.4, 0.5) is 17.1 Å². The van der Waals surface area contributed by atoms with Gasteiger partial charge in [-0.15, -0.1) is 0 Å². The molecular weight excluding hydrogens is 444 g/mol. The van der Waals surface area contributed by atoms with E-state index in [1.165, 1.54) is 0 Å². The number of nitrogens with zero attached hydrogens (tertiary/aromatic N) is 1. The first kappa shape index (κ1) is 25.5. The summed E-state index contributed by atoms with van der Waals surface area (Å²) < 4.78 is 4.91. The number of amides is 3. The molecule has 0 aliphatic rings. The molecule has 3 rings (SSSR count). The van der Waals surface area contributed by atoms with Crippen LogP contribution in [0.25, 0.3) is 0 Å². The van der Waals surface area contributed by atoms with E-state index in [0.717, 1.165) is 5.69 Å². The quantitative estimate of drug-likeness (QED) is 0.367. The van der Waals surface area contributed by atoms with Gasteiger partial charge in [0.15, 0.2) is 0 Å². The minimum Gasteiger partial charge on any atom is -0.383 e. The Hall–Kier alpha value is -4.17. The molecule has 0 atom stereocenters. The molecule has 0 unspecified atom stereocenters. The van der Waals surface area contributed by atoms with Gasteiger partial charge >= 0.3 is 0 Å². The highest BCUT2D eigenvalue weighted by atomic mass is 16.5. The van der Waals surface area contributed by atoms with E-state index in [-0.39, 0.29) is 24.3 Å². The van der Waals surface area contributed by atoms with E-state index in [1.807, 2.05) is 37.3 Å². The number of benzene rings is 3. The van der Waals surface area contributed by atoms with Gasteiger partial charge in [-0.25, -0.2) is 0 Å². The number of hydrogen-bond donors (Lipinski definition) is 3. The third kappa shape index (κ3) is 7.41. The molecule has 0 saturated carbocycles. The van der Waals surface area contributed by atoms with Crippen LogP contribution in [0.2, 0.25) is 0 Å². The first-order chi connectivity index (χ1) is 17.0. The van der Waals surface area contributed by atoms with Crippen LogP contribution in [0.3, 0.4) is 0 Å². The van der Waals surface area contributed by atoms with Crippen LogP contribution in [-0.2, 0) is 9.53 Å². The molecule has 8 nitrogen and oxygen atoms in total. The summed E-state index contributed by atoms with van der Waals surface area (Å²) in [6, 6.07) is 23.2. The fraction of sp³-hybridized carbons (Fsp3) is 0.222. The van der Waals surface area contributed by atoms with Gasteiger partial charge in [-0.2, -0.15) is 0 Å². The van der Waals surface area contributed by atoms with Crippen LogP contribution in [0.5, 0.6) is 0 Å². The van der Waals surface area contributed by atoms with Crippen molar-refractivity contribution < 1.29 is 19.1 Å². The van der Waals surface area contributed by atoms with E-state index < -0.39 is 0 Å². The van der Waals surface area contributed by atoms with Crippen molar-refractivity contribution in [3.05, 3.63) is 90.0 Å². The molecule has 0 radical (unpaired) electrons. The van der Waals surface area contributed by atoms with Gasteiger partial charge in [-0.3, -0.25) is 14.4 Å². The van der Waals surface area contributed by atoms with E-state index in [4.69, 9.17) is 4.74 Å². The summed E-state index contributed by atoms with van der Waals surface area (Å²) in [7, 11) is 1.57. The zero-order valence-electron chi connectivity index (χ0n) is 19.9. The summed E-state index contributed by atoms with van der Waals surface area (Å²) in [4.78, 5) is 39.2. The largest absolute Gasteiger partial charge is 0.383 e. The van der Waals surface area contributed by atoms with E-state index in [1.54, 1.807) is 60.5 Å². The summed E-state index contributed by atoms with van der Waals surface area (Å²) in [5.74, 6) is -0.568. The van der Waals surface area contributed by atoms with Gasteiger partial charge in [0.05, 0.1) is 13.2 Å². The molecule has 0 spiro atoms. The van der Waals surface area contributed by atoms with Crippen LogP contribution in [0.15, 0.2) is 78.9 Å². The molecule has 3 amide bonds. The number of anilines is 3. The topological polar surface area (TPSA) is 99.8 Å². The smallest absolute Gasteiger partial charge is 0.258 e. The molecule has 3 aromatic rings. The van der Waals surface area contributed by atoms with Crippen molar-refractivity contribution in [1.29, 1.82) is 0 Å². The van der Waals surface area contributed by atoms with Gasteiger partial charge in [0.1, 0.15) is 0 Å². The molecule has 3 N–H and O–H groups in total. The maximum atomic E-state index is 13.0. The molecule has 0 aromatic heterocycles. The fourth-order valence-electron chi connectivity index (χ4n) is 3.43. The van der Waals surface area contributed by atoms with Crippen molar-refractivity contribution in [2.45, 2.75) is 6.92 Å².